The maximum absolute atomic E-state index is 11.5. The summed E-state index contributed by atoms with van der Waals surface area (Å²) in [5, 5.41) is 22.1. The van der Waals surface area contributed by atoms with E-state index in [1.807, 2.05) is 24.3 Å². The second kappa shape index (κ2) is 10.2. The van der Waals surface area contributed by atoms with E-state index in [-0.39, 0.29) is 0 Å². The zero-order valence-electron chi connectivity index (χ0n) is 13.1. The van der Waals surface area contributed by atoms with Gasteiger partial charge in [0.25, 0.3) is 0 Å². The van der Waals surface area contributed by atoms with Crippen LogP contribution in [0.25, 0.3) is 0 Å². The number of carboxylic acid groups (broad SMARTS) is 2. The Kier molecular flexibility index (Phi) is 8.20. The highest BCUT2D eigenvalue weighted by atomic mass is 32.2. The minimum atomic E-state index is -1.26. The predicted octanol–water partition coefficient (Wildman–Crippen LogP) is 0.549. The van der Waals surface area contributed by atoms with Gasteiger partial charge >= 0.3 is 11.9 Å². The van der Waals surface area contributed by atoms with Crippen molar-refractivity contribution in [1.29, 1.82) is 0 Å². The van der Waals surface area contributed by atoms with Gasteiger partial charge in [-0.05, 0) is 12.1 Å². The summed E-state index contributed by atoms with van der Waals surface area (Å²) >= 11 is 0. The van der Waals surface area contributed by atoms with Crippen LogP contribution in [0, 0.1) is 0 Å². The van der Waals surface area contributed by atoms with Crippen molar-refractivity contribution in [1.82, 2.24) is 5.32 Å². The van der Waals surface area contributed by atoms with E-state index >= 15 is 0 Å². The summed E-state index contributed by atoms with van der Waals surface area (Å²) in [6, 6.07) is 7.64. The van der Waals surface area contributed by atoms with Crippen molar-refractivity contribution < 1.29 is 24.0 Å². The Labute approximate surface area is 141 Å². The normalized spacial score (nSPS) is 14.1. The van der Waals surface area contributed by atoms with Crippen molar-refractivity contribution >= 4 is 34.3 Å². The maximum atomic E-state index is 11.5. The molecule has 0 aromatic heterocycles. The molecule has 1 heterocycles. The Bertz CT molecular complexity index is 657. The van der Waals surface area contributed by atoms with Crippen LogP contribution in [0.4, 0.5) is 5.69 Å². The number of nitrogens with zero attached hydrogens (tertiary/aromatic N) is 1. The molecule has 0 radical (unpaired) electrons. The molecule has 130 valence electrons. The summed E-state index contributed by atoms with van der Waals surface area (Å²) in [5.74, 6) is -1.54. The zero-order valence-corrected chi connectivity index (χ0v) is 13.9. The smallest absolute Gasteiger partial charge is 0.328 e. The van der Waals surface area contributed by atoms with Crippen LogP contribution in [0.15, 0.2) is 46.3 Å². The van der Waals surface area contributed by atoms with E-state index in [2.05, 4.69) is 15.6 Å². The fraction of sp³-hybridized carbons (Fsp3) is 0.267. The van der Waals surface area contributed by atoms with E-state index in [1.165, 1.54) is 0 Å². The van der Waals surface area contributed by atoms with Crippen LogP contribution in [-0.4, -0.2) is 58.1 Å². The van der Waals surface area contributed by atoms with Gasteiger partial charge in [-0.2, -0.15) is 0 Å². The van der Waals surface area contributed by atoms with Gasteiger partial charge in [0.05, 0.1) is 34.5 Å². The minimum absolute atomic E-state index is 0.558. The lowest BCUT2D eigenvalue weighted by molar-refractivity contribution is -0.134. The molecule has 1 unspecified atom stereocenters. The summed E-state index contributed by atoms with van der Waals surface area (Å²) in [5.41, 5.74) is 0.916. The molecule has 0 bridgehead atoms. The number of para-hydroxylation sites is 1. The topological polar surface area (TPSA) is 128 Å². The first-order valence-corrected chi connectivity index (χ1v) is 8.53. The van der Waals surface area contributed by atoms with Crippen LogP contribution in [0.1, 0.15) is 0 Å². The van der Waals surface area contributed by atoms with Crippen molar-refractivity contribution in [3.63, 3.8) is 0 Å². The van der Waals surface area contributed by atoms with Crippen LogP contribution in [0.2, 0.25) is 0 Å². The summed E-state index contributed by atoms with van der Waals surface area (Å²) in [6.07, 6.45) is 2.80. The summed E-state index contributed by atoms with van der Waals surface area (Å²) < 4.78 is 11.5. The number of hydrogen-bond acceptors (Lipinski definition) is 6. The summed E-state index contributed by atoms with van der Waals surface area (Å²) in [7, 11) is -0.966. The van der Waals surface area contributed by atoms with Gasteiger partial charge in [-0.15, -0.1) is 0 Å². The highest BCUT2D eigenvalue weighted by Gasteiger charge is 2.07. The molecule has 9 heteroatoms. The highest BCUT2D eigenvalue weighted by Crippen LogP contribution is 2.17. The first-order valence-electron chi connectivity index (χ1n) is 6.97. The number of rotatable bonds is 6. The van der Waals surface area contributed by atoms with E-state index in [1.54, 1.807) is 6.26 Å². The Morgan fingerprint density at radius 2 is 1.92 bits per heavy atom. The summed E-state index contributed by atoms with van der Waals surface area (Å²) in [6.45, 7) is 2.42. The third-order valence-electron chi connectivity index (χ3n) is 2.76. The van der Waals surface area contributed by atoms with Crippen LogP contribution < -0.4 is 10.6 Å². The van der Waals surface area contributed by atoms with E-state index in [9.17, 15) is 13.8 Å². The van der Waals surface area contributed by atoms with Gasteiger partial charge in [0, 0.05) is 25.0 Å². The molecule has 0 fully saturated rings. The van der Waals surface area contributed by atoms with Gasteiger partial charge in [-0.1, -0.05) is 12.1 Å². The largest absolute Gasteiger partial charge is 0.478 e. The number of nitrogens with one attached hydrogen (secondary N) is 2. The number of benzene rings is 1. The Morgan fingerprint density at radius 1 is 1.29 bits per heavy atom. The average Bonchev–Trinajstić information content (AvgIpc) is 3.05. The lowest BCUT2D eigenvalue weighted by atomic mass is 10.3. The first kappa shape index (κ1) is 19.4. The molecule has 0 saturated heterocycles. The molecule has 4 N–H and O–H groups in total. The molecule has 1 aromatic rings. The molecular weight excluding hydrogens is 334 g/mol. The molecule has 8 nitrogen and oxygen atoms in total. The number of aliphatic imine (C=N–C) groups is 1. The maximum Gasteiger partial charge on any atom is 0.328 e. The second-order valence-electron chi connectivity index (χ2n) is 4.57. The van der Waals surface area contributed by atoms with Crippen LogP contribution in [-0.2, 0) is 20.4 Å². The monoisotopic (exact) mass is 353 g/mol. The van der Waals surface area contributed by atoms with Crippen molar-refractivity contribution in [2.75, 3.05) is 31.2 Å². The van der Waals surface area contributed by atoms with Crippen molar-refractivity contribution in [2.45, 2.75) is 4.90 Å². The minimum Gasteiger partial charge on any atom is -0.478 e. The molecule has 0 amide bonds. The molecule has 1 atom stereocenters. The van der Waals surface area contributed by atoms with Crippen LogP contribution in [0.3, 0.4) is 0 Å². The number of anilines is 1. The quantitative estimate of drug-likeness (QED) is 0.550. The van der Waals surface area contributed by atoms with Gasteiger partial charge in [-0.25, -0.2) is 9.59 Å². The number of carbonyl (C=O) groups is 2. The average molecular weight is 353 g/mol. The Morgan fingerprint density at radius 3 is 2.42 bits per heavy atom. The molecular formula is C15H19N3O5S. The van der Waals surface area contributed by atoms with Crippen LogP contribution >= 0.6 is 0 Å². The second-order valence-corrected chi connectivity index (χ2v) is 5.92. The van der Waals surface area contributed by atoms with E-state index in [0.717, 1.165) is 29.5 Å². The van der Waals surface area contributed by atoms with Crippen LogP contribution in [0.5, 0.6) is 0 Å². The molecule has 0 aliphatic carbocycles. The summed E-state index contributed by atoms with van der Waals surface area (Å²) in [4.78, 5) is 24.2. The molecule has 1 aromatic carbocycles. The molecule has 1 aliphatic rings. The molecule has 2 rings (SSSR count). The molecule has 0 saturated carbocycles. The SMILES string of the molecule is CS(=O)c1ccccc1NCC1=NCCN1.O=C(O)/C=C/C(=O)O. The van der Waals surface area contributed by atoms with Gasteiger partial charge in [-0.3, -0.25) is 9.20 Å². The van der Waals surface area contributed by atoms with Crippen molar-refractivity contribution in [3.8, 4) is 0 Å². The molecule has 1 aliphatic heterocycles. The third kappa shape index (κ3) is 7.54. The number of hydrogen-bond donors (Lipinski definition) is 4. The third-order valence-corrected chi connectivity index (χ3v) is 3.73. The number of aliphatic carboxylic acids is 2. The lowest BCUT2D eigenvalue weighted by Gasteiger charge is -2.10. The highest BCUT2D eigenvalue weighted by molar-refractivity contribution is 7.84. The van der Waals surface area contributed by atoms with Gasteiger partial charge in [0.15, 0.2) is 0 Å². The molecule has 0 spiro atoms. The lowest BCUT2D eigenvalue weighted by Crippen LogP contribution is -2.26. The van der Waals surface area contributed by atoms with Gasteiger partial charge in [0.1, 0.15) is 5.84 Å². The van der Waals surface area contributed by atoms with Gasteiger partial charge in [0.2, 0.25) is 0 Å². The van der Waals surface area contributed by atoms with E-state index < -0.39 is 22.7 Å². The first-order chi connectivity index (χ1) is 11.4. The molecule has 24 heavy (non-hydrogen) atoms. The zero-order chi connectivity index (χ0) is 17.9. The number of carboxylic acids is 2. The Balaban J connectivity index is 0.000000307. The fourth-order valence-electron chi connectivity index (χ4n) is 1.75. The van der Waals surface area contributed by atoms with E-state index in [0.29, 0.717) is 18.7 Å². The standard InChI is InChI=1S/C11H15N3OS.C4H4O4/c1-16(15)10-5-3-2-4-9(10)14-8-11-12-6-7-13-11;5-3(6)1-2-4(7)8/h2-5,14H,6-8H2,1H3,(H,12,13);1-2H,(H,5,6)(H,7,8)/b;2-1+. The van der Waals surface area contributed by atoms with Crippen molar-refractivity contribution in [2.24, 2.45) is 4.99 Å². The van der Waals surface area contributed by atoms with Gasteiger partial charge < -0.3 is 20.8 Å². The Hall–Kier alpha value is -2.68. The van der Waals surface area contributed by atoms with E-state index in [4.69, 9.17) is 10.2 Å². The van der Waals surface area contributed by atoms with Crippen molar-refractivity contribution in [3.05, 3.63) is 36.4 Å². The number of amidine groups is 1. The fourth-order valence-corrected chi connectivity index (χ4v) is 2.47. The predicted molar refractivity (Wildman–Crippen MR) is 92.0 cm³/mol.